The van der Waals surface area contributed by atoms with Crippen LogP contribution in [0.15, 0.2) is 24.3 Å². The predicted octanol–water partition coefficient (Wildman–Crippen LogP) is 1.68. The fraction of sp³-hybridized carbons (Fsp3) is 0.273. The Labute approximate surface area is 92.9 Å². The van der Waals surface area contributed by atoms with Crippen molar-refractivity contribution in [2.45, 2.75) is 12.5 Å². The second-order valence-corrected chi connectivity index (χ2v) is 3.99. The molecule has 1 unspecified atom stereocenters. The number of aliphatic hydroxyl groups is 1. The number of aliphatic hydroxyl groups excluding tert-OH is 1. The molecule has 0 aliphatic carbocycles. The molecular weight excluding hydrogens is 212 g/mol. The van der Waals surface area contributed by atoms with E-state index < -0.39 is 0 Å². The van der Waals surface area contributed by atoms with Gasteiger partial charge in [-0.3, -0.25) is 0 Å². The molecule has 0 fully saturated rings. The number of hydrogen-bond donors (Lipinski definition) is 3. The van der Waals surface area contributed by atoms with Crippen LogP contribution in [0.1, 0.15) is 5.56 Å². The lowest BCUT2D eigenvalue weighted by molar-refractivity contribution is 0.265. The van der Waals surface area contributed by atoms with E-state index in [2.05, 4.69) is 4.98 Å². The van der Waals surface area contributed by atoms with Crippen molar-refractivity contribution >= 4 is 22.5 Å². The monoisotopic (exact) mass is 224 g/mol. The van der Waals surface area contributed by atoms with Crippen molar-refractivity contribution in [3.05, 3.63) is 35.0 Å². The van der Waals surface area contributed by atoms with E-state index >= 15 is 0 Å². The number of aromatic amines is 1. The second kappa shape index (κ2) is 4.23. The summed E-state index contributed by atoms with van der Waals surface area (Å²) in [5.41, 5.74) is 7.68. The smallest absolute Gasteiger partial charge is 0.110 e. The van der Waals surface area contributed by atoms with Gasteiger partial charge in [0.05, 0.1) is 6.61 Å². The van der Waals surface area contributed by atoms with Crippen molar-refractivity contribution in [1.82, 2.24) is 4.98 Å². The van der Waals surface area contributed by atoms with E-state index in [1.165, 1.54) is 0 Å². The highest BCUT2D eigenvalue weighted by Gasteiger charge is 2.12. The van der Waals surface area contributed by atoms with E-state index in [0.717, 1.165) is 16.5 Å². The molecule has 1 aromatic heterocycles. The molecule has 1 aromatic carbocycles. The average molecular weight is 225 g/mol. The Bertz CT molecular complexity index is 467. The summed E-state index contributed by atoms with van der Waals surface area (Å²) in [6, 6.07) is 7.61. The standard InChI is InChI=1S/C11H13ClN2O/c12-11-9(5-7(13)6-15)8-3-1-2-4-10(8)14-11/h1-4,7,14-15H,5-6,13H2. The van der Waals surface area contributed by atoms with Gasteiger partial charge in [0.2, 0.25) is 0 Å². The number of benzene rings is 1. The second-order valence-electron chi connectivity index (χ2n) is 3.61. The van der Waals surface area contributed by atoms with Gasteiger partial charge < -0.3 is 15.8 Å². The average Bonchev–Trinajstić information content (AvgIpc) is 2.55. The lowest BCUT2D eigenvalue weighted by Gasteiger charge is -2.07. The molecule has 0 amide bonds. The van der Waals surface area contributed by atoms with Gasteiger partial charge in [-0.25, -0.2) is 0 Å². The first-order chi connectivity index (χ1) is 7.22. The van der Waals surface area contributed by atoms with Crippen LogP contribution in [0.25, 0.3) is 10.9 Å². The molecule has 0 aliphatic heterocycles. The highest BCUT2D eigenvalue weighted by Crippen LogP contribution is 2.26. The maximum atomic E-state index is 8.92. The molecule has 1 heterocycles. The minimum absolute atomic E-state index is 0.0319. The van der Waals surface area contributed by atoms with Gasteiger partial charge in [-0.15, -0.1) is 0 Å². The Morgan fingerprint density at radius 2 is 2.13 bits per heavy atom. The summed E-state index contributed by atoms with van der Waals surface area (Å²) in [5.74, 6) is 0. The number of hydrogen-bond acceptors (Lipinski definition) is 2. The normalized spacial score (nSPS) is 13.3. The Morgan fingerprint density at radius 3 is 2.87 bits per heavy atom. The van der Waals surface area contributed by atoms with Crippen LogP contribution in [0, 0.1) is 0 Å². The molecule has 0 saturated carbocycles. The Hall–Kier alpha value is -1.03. The van der Waals surface area contributed by atoms with Crippen molar-refractivity contribution in [2.75, 3.05) is 6.61 Å². The molecule has 2 aromatic rings. The largest absolute Gasteiger partial charge is 0.395 e. The third-order valence-corrected chi connectivity index (χ3v) is 2.78. The Balaban J connectivity index is 2.45. The van der Waals surface area contributed by atoms with Crippen molar-refractivity contribution in [1.29, 1.82) is 0 Å². The zero-order valence-corrected chi connectivity index (χ0v) is 8.96. The topological polar surface area (TPSA) is 62.0 Å². The molecule has 2 rings (SSSR count). The summed E-state index contributed by atoms with van der Waals surface area (Å²) in [5, 5.41) is 10.6. The van der Waals surface area contributed by atoms with Gasteiger partial charge in [-0.05, 0) is 18.1 Å². The van der Waals surface area contributed by atoms with Crippen LogP contribution >= 0.6 is 11.6 Å². The van der Waals surface area contributed by atoms with E-state index in [4.69, 9.17) is 22.4 Å². The third kappa shape index (κ3) is 2.00. The molecule has 4 heteroatoms. The molecule has 0 aliphatic rings. The predicted molar refractivity (Wildman–Crippen MR) is 62.1 cm³/mol. The number of nitrogens with two attached hydrogens (primary N) is 1. The molecule has 0 spiro atoms. The first kappa shape index (κ1) is 10.5. The highest BCUT2D eigenvalue weighted by molar-refractivity contribution is 6.31. The molecule has 0 bridgehead atoms. The number of halogens is 1. The van der Waals surface area contributed by atoms with Gasteiger partial charge in [0.1, 0.15) is 5.15 Å². The van der Waals surface area contributed by atoms with Crippen molar-refractivity contribution in [3.63, 3.8) is 0 Å². The van der Waals surface area contributed by atoms with Gasteiger partial charge in [0.15, 0.2) is 0 Å². The molecule has 0 radical (unpaired) electrons. The van der Waals surface area contributed by atoms with Gasteiger partial charge >= 0.3 is 0 Å². The Kier molecular flexibility index (Phi) is 2.95. The Morgan fingerprint density at radius 1 is 1.40 bits per heavy atom. The van der Waals surface area contributed by atoms with E-state index in [1.54, 1.807) is 0 Å². The number of nitrogens with one attached hydrogen (secondary N) is 1. The summed E-state index contributed by atoms with van der Waals surface area (Å²) < 4.78 is 0. The van der Waals surface area contributed by atoms with Crippen molar-refractivity contribution < 1.29 is 5.11 Å². The van der Waals surface area contributed by atoms with E-state index in [1.807, 2.05) is 24.3 Å². The van der Waals surface area contributed by atoms with Gasteiger partial charge in [0, 0.05) is 16.9 Å². The lowest BCUT2D eigenvalue weighted by atomic mass is 10.1. The summed E-state index contributed by atoms with van der Waals surface area (Å²) in [7, 11) is 0. The molecule has 15 heavy (non-hydrogen) atoms. The van der Waals surface area contributed by atoms with Gasteiger partial charge in [-0.1, -0.05) is 29.8 Å². The summed E-state index contributed by atoms with van der Waals surface area (Å²) in [4.78, 5) is 3.08. The molecule has 80 valence electrons. The van der Waals surface area contributed by atoms with E-state index in [-0.39, 0.29) is 12.6 Å². The number of aromatic nitrogens is 1. The molecule has 4 N–H and O–H groups in total. The van der Waals surface area contributed by atoms with Gasteiger partial charge in [0.25, 0.3) is 0 Å². The van der Waals surface area contributed by atoms with Crippen LogP contribution in [-0.4, -0.2) is 22.7 Å². The zero-order chi connectivity index (χ0) is 10.8. The lowest BCUT2D eigenvalue weighted by Crippen LogP contribution is -2.26. The number of fused-ring (bicyclic) bond motifs is 1. The zero-order valence-electron chi connectivity index (χ0n) is 8.20. The SMILES string of the molecule is NC(CO)Cc1c(Cl)[nH]c2ccccc12. The van der Waals surface area contributed by atoms with Crippen LogP contribution in [-0.2, 0) is 6.42 Å². The molecule has 3 nitrogen and oxygen atoms in total. The fourth-order valence-corrected chi connectivity index (χ4v) is 1.97. The summed E-state index contributed by atoms with van der Waals surface area (Å²) in [6.45, 7) is -0.0319. The first-order valence-corrected chi connectivity index (χ1v) is 5.21. The minimum Gasteiger partial charge on any atom is -0.395 e. The minimum atomic E-state index is -0.262. The summed E-state index contributed by atoms with van der Waals surface area (Å²) in [6.07, 6.45) is 0.583. The third-order valence-electron chi connectivity index (χ3n) is 2.46. The molecular formula is C11H13ClN2O. The maximum absolute atomic E-state index is 8.92. The quantitative estimate of drug-likeness (QED) is 0.743. The molecule has 1 atom stereocenters. The number of para-hydroxylation sites is 1. The number of H-pyrrole nitrogens is 1. The van der Waals surface area contributed by atoms with Gasteiger partial charge in [-0.2, -0.15) is 0 Å². The maximum Gasteiger partial charge on any atom is 0.110 e. The highest BCUT2D eigenvalue weighted by atomic mass is 35.5. The van der Waals surface area contributed by atoms with Crippen molar-refractivity contribution in [3.8, 4) is 0 Å². The molecule has 0 saturated heterocycles. The van der Waals surface area contributed by atoms with E-state index in [9.17, 15) is 0 Å². The van der Waals surface area contributed by atoms with Crippen molar-refractivity contribution in [2.24, 2.45) is 5.73 Å². The fourth-order valence-electron chi connectivity index (χ4n) is 1.69. The number of rotatable bonds is 3. The van der Waals surface area contributed by atoms with E-state index in [0.29, 0.717) is 11.6 Å². The van der Waals surface area contributed by atoms with Crippen LogP contribution in [0.3, 0.4) is 0 Å². The first-order valence-electron chi connectivity index (χ1n) is 4.84. The summed E-state index contributed by atoms with van der Waals surface area (Å²) >= 11 is 6.08. The van der Waals surface area contributed by atoms with Crippen LogP contribution in [0.4, 0.5) is 0 Å². The van der Waals surface area contributed by atoms with Crippen LogP contribution < -0.4 is 5.73 Å². The van der Waals surface area contributed by atoms with Crippen LogP contribution in [0.2, 0.25) is 5.15 Å². The van der Waals surface area contributed by atoms with Crippen LogP contribution in [0.5, 0.6) is 0 Å².